The molecule has 160 valence electrons. The molecule has 1 fully saturated rings. The Hall–Kier alpha value is -2.44. The van der Waals surface area contributed by atoms with Crippen molar-refractivity contribution < 1.29 is 14.3 Å². The van der Waals surface area contributed by atoms with Crippen LogP contribution in [0.25, 0.3) is 10.4 Å². The van der Waals surface area contributed by atoms with Gasteiger partial charge in [0, 0.05) is 29.8 Å². The first kappa shape index (κ1) is 22.2. The Morgan fingerprint density at radius 3 is 2.60 bits per heavy atom. The molecule has 1 aliphatic heterocycles. The second-order valence-corrected chi connectivity index (χ2v) is 9.62. The fraction of sp³-hybridized carbons (Fsp3) is 0.417. The van der Waals surface area contributed by atoms with Crippen LogP contribution in [0, 0.1) is 5.41 Å². The molecule has 1 aromatic carbocycles. The molecule has 0 radical (unpaired) electrons. The second-order valence-electron chi connectivity index (χ2n) is 8.67. The van der Waals surface area contributed by atoms with Gasteiger partial charge in [-0.15, -0.1) is 17.9 Å². The van der Waals surface area contributed by atoms with E-state index < -0.39 is 11.0 Å². The summed E-state index contributed by atoms with van der Waals surface area (Å²) < 4.78 is 6.09. The highest BCUT2D eigenvalue weighted by atomic mass is 32.1. The van der Waals surface area contributed by atoms with Crippen molar-refractivity contribution in [2.24, 2.45) is 5.41 Å². The van der Waals surface area contributed by atoms with Crippen molar-refractivity contribution in [2.45, 2.75) is 32.8 Å². The molecule has 0 bridgehead atoms. The molecule has 0 aliphatic carbocycles. The largest absolute Gasteiger partial charge is 0.361 e. The van der Waals surface area contributed by atoms with Gasteiger partial charge in [0.1, 0.15) is 0 Å². The predicted octanol–water partition coefficient (Wildman–Crippen LogP) is 3.90. The minimum Gasteiger partial charge on any atom is -0.361 e. The first-order chi connectivity index (χ1) is 14.2. The summed E-state index contributed by atoms with van der Waals surface area (Å²) in [6.07, 6.45) is 2.04. The summed E-state index contributed by atoms with van der Waals surface area (Å²) in [5, 5.41) is 4.93. The summed E-state index contributed by atoms with van der Waals surface area (Å²) >= 11 is 1.69. The van der Waals surface area contributed by atoms with E-state index in [2.05, 4.69) is 35.5 Å². The van der Waals surface area contributed by atoms with Crippen LogP contribution in [-0.4, -0.2) is 48.6 Å². The first-order valence-corrected chi connectivity index (χ1v) is 11.1. The first-order valence-electron chi connectivity index (χ1n) is 10.2. The Labute approximate surface area is 182 Å². The Bertz CT molecular complexity index is 884. The van der Waals surface area contributed by atoms with Crippen LogP contribution >= 0.6 is 11.3 Å². The number of thiophene rings is 1. The summed E-state index contributed by atoms with van der Waals surface area (Å²) in [5.41, 5.74) is 0.512. The lowest BCUT2D eigenvalue weighted by molar-refractivity contribution is -0.169. The monoisotopic (exact) mass is 426 g/mol. The fourth-order valence-electron chi connectivity index (χ4n) is 3.64. The average Bonchev–Trinajstić information content (AvgIpc) is 3.26. The van der Waals surface area contributed by atoms with Crippen molar-refractivity contribution in [1.29, 1.82) is 0 Å². The molecule has 2 aromatic rings. The van der Waals surface area contributed by atoms with Gasteiger partial charge in [-0.3, -0.25) is 9.59 Å². The van der Waals surface area contributed by atoms with E-state index in [1.165, 1.54) is 4.88 Å². The molecule has 2 amide bonds. The molecule has 1 saturated heterocycles. The van der Waals surface area contributed by atoms with Crippen molar-refractivity contribution in [3.63, 3.8) is 0 Å². The molecular formula is C24H30N2O3S. The third-order valence-electron chi connectivity index (χ3n) is 5.18. The molecular weight excluding hydrogens is 396 g/mol. The zero-order valence-corrected chi connectivity index (χ0v) is 18.8. The van der Waals surface area contributed by atoms with Gasteiger partial charge in [-0.2, -0.15) is 0 Å². The number of morpholine rings is 1. The summed E-state index contributed by atoms with van der Waals surface area (Å²) in [6, 6.07) is 12.3. The minimum absolute atomic E-state index is 0.0275. The molecule has 3 rings (SSSR count). The quantitative estimate of drug-likeness (QED) is 0.713. The smallest absolute Gasteiger partial charge is 0.254 e. The minimum atomic E-state index is -1.12. The maximum atomic E-state index is 13.1. The van der Waals surface area contributed by atoms with Gasteiger partial charge < -0.3 is 15.0 Å². The highest BCUT2D eigenvalue weighted by Gasteiger charge is 2.46. The number of nitrogens with zero attached hydrogens (tertiary/aromatic N) is 1. The van der Waals surface area contributed by atoms with Crippen LogP contribution in [0.4, 0.5) is 0 Å². The Kier molecular flexibility index (Phi) is 6.78. The second kappa shape index (κ2) is 9.14. The van der Waals surface area contributed by atoms with Crippen molar-refractivity contribution in [2.75, 3.05) is 26.2 Å². The number of hydrogen-bond acceptors (Lipinski definition) is 4. The normalized spacial score (nSPS) is 19.4. The molecule has 1 unspecified atom stereocenters. The van der Waals surface area contributed by atoms with Gasteiger partial charge in [-0.05, 0) is 22.6 Å². The average molecular weight is 427 g/mol. The molecule has 1 aliphatic rings. The molecule has 0 spiro atoms. The zero-order valence-electron chi connectivity index (χ0n) is 17.9. The van der Waals surface area contributed by atoms with Crippen LogP contribution < -0.4 is 5.32 Å². The Morgan fingerprint density at radius 2 is 2.00 bits per heavy atom. The van der Waals surface area contributed by atoms with Crippen LogP contribution in [0.15, 0.2) is 54.4 Å². The fourth-order valence-corrected chi connectivity index (χ4v) is 4.37. The van der Waals surface area contributed by atoms with Crippen molar-refractivity contribution in [3.8, 4) is 10.4 Å². The number of hydrogen-bond donors (Lipinski definition) is 1. The van der Waals surface area contributed by atoms with E-state index in [0.717, 1.165) is 11.1 Å². The summed E-state index contributed by atoms with van der Waals surface area (Å²) in [5.74, 6) is -0.184. The van der Waals surface area contributed by atoms with Crippen LogP contribution in [0.5, 0.6) is 0 Å². The van der Waals surface area contributed by atoms with E-state index in [9.17, 15) is 9.59 Å². The summed E-state index contributed by atoms with van der Waals surface area (Å²) in [6.45, 7) is 10.8. The van der Waals surface area contributed by atoms with Crippen LogP contribution in [-0.2, 0) is 20.7 Å². The SMILES string of the molecule is C=CCNC(=O)C1(Cc2ccc(-c3cccs3)cc2)CN(C(=O)C(C)(C)C)CCO1. The van der Waals surface area contributed by atoms with Crippen molar-refractivity contribution >= 4 is 23.2 Å². The van der Waals surface area contributed by atoms with Gasteiger partial charge in [-0.25, -0.2) is 0 Å². The van der Waals surface area contributed by atoms with E-state index >= 15 is 0 Å². The maximum absolute atomic E-state index is 13.1. The van der Waals surface area contributed by atoms with E-state index in [-0.39, 0.29) is 18.4 Å². The number of benzene rings is 1. The summed E-state index contributed by atoms with van der Waals surface area (Å²) in [4.78, 5) is 29.0. The zero-order chi connectivity index (χ0) is 21.8. The topological polar surface area (TPSA) is 58.6 Å². The van der Waals surface area contributed by atoms with Gasteiger partial charge in [-0.1, -0.05) is 57.2 Å². The number of nitrogens with one attached hydrogen (secondary N) is 1. The summed E-state index contributed by atoms with van der Waals surface area (Å²) in [7, 11) is 0. The number of rotatable bonds is 6. The molecule has 5 nitrogen and oxygen atoms in total. The lowest BCUT2D eigenvalue weighted by atomic mass is 9.88. The highest BCUT2D eigenvalue weighted by molar-refractivity contribution is 7.13. The maximum Gasteiger partial charge on any atom is 0.254 e. The van der Waals surface area contributed by atoms with Gasteiger partial charge in [0.05, 0.1) is 13.2 Å². The van der Waals surface area contributed by atoms with E-state index in [4.69, 9.17) is 4.74 Å². The third-order valence-corrected chi connectivity index (χ3v) is 6.10. The van der Waals surface area contributed by atoms with Crippen molar-refractivity contribution in [1.82, 2.24) is 10.2 Å². The molecule has 6 heteroatoms. The number of carbonyl (C=O) groups excluding carboxylic acids is 2. The van der Waals surface area contributed by atoms with Crippen LogP contribution in [0.1, 0.15) is 26.3 Å². The molecule has 1 N–H and O–H groups in total. The third kappa shape index (κ3) is 4.99. The van der Waals surface area contributed by atoms with Crippen LogP contribution in [0.3, 0.4) is 0 Å². The number of amides is 2. The molecule has 1 aromatic heterocycles. The molecule has 30 heavy (non-hydrogen) atoms. The van der Waals surface area contributed by atoms with E-state index in [1.54, 1.807) is 22.3 Å². The van der Waals surface area contributed by atoms with E-state index in [0.29, 0.717) is 26.1 Å². The van der Waals surface area contributed by atoms with Gasteiger partial charge in [0.2, 0.25) is 5.91 Å². The van der Waals surface area contributed by atoms with Crippen molar-refractivity contribution in [3.05, 3.63) is 60.0 Å². The lowest BCUT2D eigenvalue weighted by Gasteiger charge is -2.43. The van der Waals surface area contributed by atoms with Crippen LogP contribution in [0.2, 0.25) is 0 Å². The van der Waals surface area contributed by atoms with E-state index in [1.807, 2.05) is 39.0 Å². The Morgan fingerprint density at radius 1 is 1.27 bits per heavy atom. The lowest BCUT2D eigenvalue weighted by Crippen LogP contribution is -2.63. The number of ether oxygens (including phenoxy) is 1. The Balaban J connectivity index is 1.85. The number of carbonyl (C=O) groups is 2. The molecule has 0 saturated carbocycles. The van der Waals surface area contributed by atoms with Gasteiger partial charge >= 0.3 is 0 Å². The highest BCUT2D eigenvalue weighted by Crippen LogP contribution is 2.29. The standard InChI is InChI=1S/C24H30N2O3S/c1-5-12-25-21(27)24(17-26(13-14-29-24)22(28)23(2,3)4)16-18-8-10-19(11-9-18)20-7-6-15-30-20/h5-11,15H,1,12-14,16-17H2,2-4H3,(H,25,27). The van der Waals surface area contributed by atoms with Gasteiger partial charge in [0.25, 0.3) is 5.91 Å². The predicted molar refractivity (Wildman–Crippen MR) is 121 cm³/mol. The molecule has 1 atom stereocenters. The van der Waals surface area contributed by atoms with Gasteiger partial charge in [0.15, 0.2) is 5.60 Å². The molecule has 2 heterocycles.